The smallest absolute Gasteiger partial charge is 0.312 e. The summed E-state index contributed by atoms with van der Waals surface area (Å²) in [5.74, 6) is 1.36. The Bertz CT molecular complexity index is 819. The Labute approximate surface area is 151 Å². The van der Waals surface area contributed by atoms with Crippen molar-refractivity contribution >= 4 is 5.97 Å². The Morgan fingerprint density at radius 2 is 1.54 bits per heavy atom. The highest BCUT2D eigenvalue weighted by atomic mass is 16.5. The molecule has 0 saturated heterocycles. The van der Waals surface area contributed by atoms with Gasteiger partial charge in [0.15, 0.2) is 11.5 Å². The van der Waals surface area contributed by atoms with Gasteiger partial charge in [0.2, 0.25) is 5.75 Å². The molecule has 1 unspecified atom stereocenters. The molecule has 0 amide bonds. The number of benzene rings is 2. The fourth-order valence-corrected chi connectivity index (χ4v) is 3.20. The molecule has 1 atom stereocenters. The van der Waals surface area contributed by atoms with Crippen LogP contribution in [0.15, 0.2) is 24.3 Å². The van der Waals surface area contributed by atoms with Crippen LogP contribution in [0.3, 0.4) is 0 Å². The maximum absolute atomic E-state index is 12.1. The normalized spacial score (nSPS) is 15.7. The highest BCUT2D eigenvalue weighted by Crippen LogP contribution is 2.49. The first kappa shape index (κ1) is 17.7. The summed E-state index contributed by atoms with van der Waals surface area (Å²) in [6.07, 6.45) is 0.118. The number of phenols is 1. The summed E-state index contributed by atoms with van der Waals surface area (Å²) in [7, 11) is 6.09. The second-order valence-electron chi connectivity index (χ2n) is 5.75. The molecule has 0 saturated carbocycles. The number of ether oxygens (including phenoxy) is 5. The number of aromatic hydroxyl groups is 1. The Kier molecular flexibility index (Phi) is 4.79. The molecule has 1 aliphatic heterocycles. The van der Waals surface area contributed by atoms with Gasteiger partial charge in [0.05, 0.1) is 34.9 Å². The average Bonchev–Trinajstić information content (AvgIpc) is 2.64. The minimum atomic E-state index is -0.399. The molecule has 0 spiro atoms. The number of hydrogen-bond acceptors (Lipinski definition) is 7. The third-order valence-corrected chi connectivity index (χ3v) is 4.34. The SMILES string of the molecule is COc1cc(C2CC(=O)Oc3cc(O)cc(OC)c32)cc(OC)c1OC. The zero-order chi connectivity index (χ0) is 18.8. The van der Waals surface area contributed by atoms with E-state index in [1.807, 2.05) is 0 Å². The largest absolute Gasteiger partial charge is 0.508 e. The summed E-state index contributed by atoms with van der Waals surface area (Å²) in [6, 6.07) is 6.48. The molecular formula is C19H20O7. The average molecular weight is 360 g/mol. The van der Waals surface area contributed by atoms with E-state index < -0.39 is 5.97 Å². The first-order valence-electron chi connectivity index (χ1n) is 7.93. The van der Waals surface area contributed by atoms with Crippen LogP contribution in [0.4, 0.5) is 0 Å². The van der Waals surface area contributed by atoms with Crippen LogP contribution in [0.1, 0.15) is 23.5 Å². The Balaban J connectivity index is 2.21. The molecule has 1 N–H and O–H groups in total. The molecular weight excluding hydrogens is 340 g/mol. The molecule has 0 radical (unpaired) electrons. The molecule has 7 heteroatoms. The van der Waals surface area contributed by atoms with Gasteiger partial charge in [-0.3, -0.25) is 4.79 Å². The predicted molar refractivity (Wildman–Crippen MR) is 92.9 cm³/mol. The second-order valence-corrected chi connectivity index (χ2v) is 5.75. The van der Waals surface area contributed by atoms with Gasteiger partial charge in [0.25, 0.3) is 0 Å². The summed E-state index contributed by atoms with van der Waals surface area (Å²) in [5.41, 5.74) is 1.46. The molecule has 1 aliphatic rings. The third-order valence-electron chi connectivity index (χ3n) is 4.34. The number of carbonyl (C=O) groups is 1. The molecule has 0 aromatic heterocycles. The number of carbonyl (C=O) groups excluding carboxylic acids is 1. The molecule has 1 heterocycles. The number of methoxy groups -OCH3 is 4. The Morgan fingerprint density at radius 3 is 2.08 bits per heavy atom. The van der Waals surface area contributed by atoms with Gasteiger partial charge in [-0.25, -0.2) is 0 Å². The highest BCUT2D eigenvalue weighted by molar-refractivity contribution is 5.79. The van der Waals surface area contributed by atoms with Gasteiger partial charge in [-0.2, -0.15) is 0 Å². The van der Waals surface area contributed by atoms with Crippen molar-refractivity contribution in [2.75, 3.05) is 28.4 Å². The monoisotopic (exact) mass is 360 g/mol. The van der Waals surface area contributed by atoms with Crippen LogP contribution < -0.4 is 23.7 Å². The topological polar surface area (TPSA) is 83.5 Å². The number of phenolic OH excluding ortho intramolecular Hbond substituents is 1. The Hall–Kier alpha value is -3.09. The molecule has 0 bridgehead atoms. The maximum atomic E-state index is 12.1. The van der Waals surface area contributed by atoms with Crippen molar-refractivity contribution in [1.29, 1.82) is 0 Å². The molecule has 3 rings (SSSR count). The van der Waals surface area contributed by atoms with Crippen molar-refractivity contribution in [3.8, 4) is 34.5 Å². The van der Waals surface area contributed by atoms with Crippen molar-refractivity contribution in [2.45, 2.75) is 12.3 Å². The van der Waals surface area contributed by atoms with E-state index in [4.69, 9.17) is 23.7 Å². The fourth-order valence-electron chi connectivity index (χ4n) is 3.20. The summed E-state index contributed by atoms with van der Waals surface area (Å²) in [4.78, 5) is 12.1. The molecule has 26 heavy (non-hydrogen) atoms. The van der Waals surface area contributed by atoms with E-state index in [1.165, 1.54) is 40.6 Å². The molecule has 7 nitrogen and oxygen atoms in total. The summed E-state index contributed by atoms with van der Waals surface area (Å²) in [6.45, 7) is 0. The Morgan fingerprint density at radius 1 is 0.923 bits per heavy atom. The second kappa shape index (κ2) is 7.03. The minimum Gasteiger partial charge on any atom is -0.508 e. The first-order chi connectivity index (χ1) is 12.5. The minimum absolute atomic E-state index is 0.0426. The number of esters is 1. The summed E-state index contributed by atoms with van der Waals surface area (Å²) >= 11 is 0. The van der Waals surface area contributed by atoms with Crippen molar-refractivity contribution in [3.05, 3.63) is 35.4 Å². The van der Waals surface area contributed by atoms with Crippen LogP contribution in [-0.2, 0) is 4.79 Å². The number of hydrogen-bond donors (Lipinski definition) is 1. The van der Waals surface area contributed by atoms with Gasteiger partial charge in [-0.15, -0.1) is 0 Å². The van der Waals surface area contributed by atoms with Gasteiger partial charge in [0, 0.05) is 23.6 Å². The standard InChI is InChI=1S/C19H20O7/c1-22-13-7-11(20)8-14-18(13)12(9-17(21)26-14)10-5-15(23-2)19(25-4)16(6-10)24-3/h5-8,12,20H,9H2,1-4H3. The maximum Gasteiger partial charge on any atom is 0.312 e. The third kappa shape index (κ3) is 2.96. The van der Waals surface area contributed by atoms with Crippen LogP contribution in [0.2, 0.25) is 0 Å². The zero-order valence-electron chi connectivity index (χ0n) is 15.0. The van der Waals surface area contributed by atoms with Gasteiger partial charge in [-0.1, -0.05) is 0 Å². The van der Waals surface area contributed by atoms with E-state index in [0.29, 0.717) is 28.6 Å². The lowest BCUT2D eigenvalue weighted by molar-refractivity contribution is -0.135. The number of rotatable bonds is 5. The van der Waals surface area contributed by atoms with Gasteiger partial charge < -0.3 is 28.8 Å². The van der Waals surface area contributed by atoms with E-state index in [1.54, 1.807) is 12.1 Å². The van der Waals surface area contributed by atoms with Crippen LogP contribution in [0.5, 0.6) is 34.5 Å². The van der Waals surface area contributed by atoms with Crippen LogP contribution in [-0.4, -0.2) is 39.5 Å². The molecule has 0 fully saturated rings. The van der Waals surface area contributed by atoms with E-state index in [9.17, 15) is 9.90 Å². The van der Waals surface area contributed by atoms with Crippen LogP contribution in [0, 0.1) is 0 Å². The highest BCUT2D eigenvalue weighted by Gasteiger charge is 2.33. The molecule has 2 aromatic carbocycles. The van der Waals surface area contributed by atoms with Gasteiger partial charge in [-0.05, 0) is 17.7 Å². The van der Waals surface area contributed by atoms with Crippen LogP contribution >= 0.6 is 0 Å². The van der Waals surface area contributed by atoms with E-state index >= 15 is 0 Å². The van der Waals surface area contributed by atoms with Crippen LogP contribution in [0.25, 0.3) is 0 Å². The van der Waals surface area contributed by atoms with Crippen molar-refractivity contribution < 1.29 is 33.6 Å². The van der Waals surface area contributed by atoms with Gasteiger partial charge in [0.1, 0.15) is 17.2 Å². The lowest BCUT2D eigenvalue weighted by atomic mass is 9.85. The quantitative estimate of drug-likeness (QED) is 0.648. The lowest BCUT2D eigenvalue weighted by Gasteiger charge is -2.27. The first-order valence-corrected chi connectivity index (χ1v) is 7.93. The lowest BCUT2D eigenvalue weighted by Crippen LogP contribution is -2.21. The van der Waals surface area contributed by atoms with Crippen molar-refractivity contribution in [3.63, 3.8) is 0 Å². The van der Waals surface area contributed by atoms with E-state index in [2.05, 4.69) is 0 Å². The fraction of sp³-hybridized carbons (Fsp3) is 0.316. The number of fused-ring (bicyclic) bond motifs is 1. The molecule has 2 aromatic rings. The van der Waals surface area contributed by atoms with E-state index in [-0.39, 0.29) is 23.8 Å². The molecule has 138 valence electrons. The molecule has 0 aliphatic carbocycles. The van der Waals surface area contributed by atoms with Gasteiger partial charge >= 0.3 is 5.97 Å². The predicted octanol–water partition coefficient (Wildman–Crippen LogP) is 2.87. The zero-order valence-corrected chi connectivity index (χ0v) is 15.0. The van der Waals surface area contributed by atoms with Crippen molar-refractivity contribution in [2.24, 2.45) is 0 Å². The van der Waals surface area contributed by atoms with E-state index in [0.717, 1.165) is 5.56 Å². The van der Waals surface area contributed by atoms with Crippen molar-refractivity contribution in [1.82, 2.24) is 0 Å². The summed E-state index contributed by atoms with van der Waals surface area (Å²) in [5, 5.41) is 9.85. The summed E-state index contributed by atoms with van der Waals surface area (Å²) < 4.78 is 26.9.